The van der Waals surface area contributed by atoms with E-state index in [9.17, 15) is 23.9 Å². The number of aromatic nitrogens is 4. The largest absolute Gasteiger partial charge is 0.504 e. The van der Waals surface area contributed by atoms with Gasteiger partial charge >= 0.3 is 0 Å². The quantitative estimate of drug-likeness (QED) is 0.319. The number of nitrogens with zero attached hydrogens (tertiary/aromatic N) is 5. The molecule has 5 rings (SSSR count). The molecule has 4 aromatic rings. The van der Waals surface area contributed by atoms with Crippen LogP contribution in [0.1, 0.15) is 17.3 Å². The molecule has 3 aromatic heterocycles. The van der Waals surface area contributed by atoms with Crippen molar-refractivity contribution in [2.75, 3.05) is 30.0 Å². The minimum Gasteiger partial charge on any atom is -0.504 e. The van der Waals surface area contributed by atoms with Crippen molar-refractivity contribution in [2.24, 2.45) is 12.8 Å². The Labute approximate surface area is 231 Å². The van der Waals surface area contributed by atoms with Gasteiger partial charge in [-0.25, -0.2) is 14.4 Å². The van der Waals surface area contributed by atoms with Gasteiger partial charge in [0.05, 0.1) is 53.4 Å². The molecular formula is C26H25ClFN7O5. The predicted molar refractivity (Wildman–Crippen MR) is 146 cm³/mol. The first-order valence-corrected chi connectivity index (χ1v) is 12.6. The molecule has 1 aromatic carbocycles. The molecule has 0 aliphatic carbocycles. The van der Waals surface area contributed by atoms with Gasteiger partial charge in [0.2, 0.25) is 5.91 Å². The summed E-state index contributed by atoms with van der Waals surface area (Å²) in [7, 11) is 1.49. The third-order valence-corrected chi connectivity index (χ3v) is 6.97. The third-order valence-electron chi connectivity index (χ3n) is 6.67. The molecule has 0 radical (unpaired) electrons. The van der Waals surface area contributed by atoms with Gasteiger partial charge in [-0.3, -0.25) is 14.4 Å². The number of anilines is 2. The Morgan fingerprint density at radius 2 is 2.08 bits per heavy atom. The number of fused-ring (bicyclic) bond motifs is 1. The number of hydrogen-bond acceptors (Lipinski definition) is 8. The summed E-state index contributed by atoms with van der Waals surface area (Å²) in [5.41, 5.74) is 5.18. The highest BCUT2D eigenvalue weighted by Gasteiger charge is 2.23. The van der Waals surface area contributed by atoms with Gasteiger partial charge in [0.15, 0.2) is 11.6 Å². The summed E-state index contributed by atoms with van der Waals surface area (Å²) < 4.78 is 22.6. The number of carbonyl (C=O) groups excluding carboxylic acids is 2. The number of rotatable bonds is 6. The lowest BCUT2D eigenvalue weighted by molar-refractivity contribution is -0.116. The van der Waals surface area contributed by atoms with Crippen LogP contribution in [0.15, 0.2) is 41.7 Å². The minimum atomic E-state index is -1.09. The van der Waals surface area contributed by atoms with Crippen molar-refractivity contribution in [3.8, 4) is 16.9 Å². The van der Waals surface area contributed by atoms with Crippen molar-refractivity contribution >= 4 is 46.0 Å². The number of morpholine rings is 1. The average Bonchev–Trinajstić information content (AvgIpc) is 3.27. The number of ether oxygens (including phenoxy) is 1. The molecule has 0 unspecified atom stereocenters. The average molecular weight is 570 g/mol. The molecule has 4 N–H and O–H groups in total. The normalized spacial score (nSPS) is 15.4. The number of benzene rings is 1. The van der Waals surface area contributed by atoms with Crippen LogP contribution in [0.4, 0.5) is 15.9 Å². The molecule has 1 fully saturated rings. The maximum atomic E-state index is 14.5. The first-order valence-electron chi connectivity index (χ1n) is 12.2. The Kier molecular flexibility index (Phi) is 7.17. The van der Waals surface area contributed by atoms with Gasteiger partial charge in [-0.15, -0.1) is 0 Å². The summed E-state index contributed by atoms with van der Waals surface area (Å²) in [5, 5.41) is 13.0. The fourth-order valence-corrected chi connectivity index (χ4v) is 4.79. The van der Waals surface area contributed by atoms with E-state index < -0.39 is 34.5 Å². The van der Waals surface area contributed by atoms with Gasteiger partial charge in [0.1, 0.15) is 18.0 Å². The second kappa shape index (κ2) is 10.6. The molecule has 12 nitrogen and oxygen atoms in total. The number of amides is 2. The van der Waals surface area contributed by atoms with Crippen LogP contribution in [-0.4, -0.2) is 61.8 Å². The summed E-state index contributed by atoms with van der Waals surface area (Å²) in [5.74, 6) is -2.88. The smallest absolute Gasteiger partial charge is 0.263 e. The number of aryl methyl sites for hydroxylation is 1. The number of nitrogens with two attached hydrogens (primary N) is 1. The fourth-order valence-electron chi connectivity index (χ4n) is 4.64. The van der Waals surface area contributed by atoms with E-state index in [2.05, 4.69) is 20.2 Å². The van der Waals surface area contributed by atoms with E-state index in [1.807, 2.05) is 6.92 Å². The zero-order valence-electron chi connectivity index (χ0n) is 21.5. The summed E-state index contributed by atoms with van der Waals surface area (Å²) in [6, 6.07) is 3.92. The molecule has 1 saturated heterocycles. The standard InChI is InChI=1S/C26H25ClFN7O5/c1-13-11-40-4-3-35(13)20-7-19(17(27)8-30-20)32-21(36)10-34-9-16(22-25(34)31-12-33(2)26(22)39)14-5-15(24(29)38)23(37)18(28)6-14/h5-9,12-13,37H,3-4,10-11H2,1-2H3,(H2,29,38)(H,30,32,36)/t13-/m0/s1. The van der Waals surface area contributed by atoms with Crippen LogP contribution < -0.4 is 21.5 Å². The highest BCUT2D eigenvalue weighted by Crippen LogP contribution is 2.33. The van der Waals surface area contributed by atoms with Gasteiger partial charge in [-0.1, -0.05) is 11.6 Å². The fraction of sp³-hybridized carbons (Fsp3) is 0.269. The topological polar surface area (TPSA) is 158 Å². The second-order valence-corrected chi connectivity index (χ2v) is 9.84. The highest BCUT2D eigenvalue weighted by molar-refractivity contribution is 6.33. The zero-order chi connectivity index (χ0) is 28.7. The lowest BCUT2D eigenvalue weighted by Crippen LogP contribution is -2.44. The number of hydrogen-bond donors (Lipinski definition) is 3. The molecule has 1 aliphatic rings. The molecule has 2 amide bonds. The van der Waals surface area contributed by atoms with E-state index >= 15 is 0 Å². The number of carbonyl (C=O) groups is 2. The molecule has 208 valence electrons. The van der Waals surface area contributed by atoms with Crippen molar-refractivity contribution < 1.29 is 23.8 Å². The Hall–Kier alpha value is -4.49. The van der Waals surface area contributed by atoms with Gasteiger partial charge in [0, 0.05) is 31.4 Å². The number of primary amides is 1. The van der Waals surface area contributed by atoms with Crippen LogP contribution in [0.25, 0.3) is 22.2 Å². The molecule has 0 spiro atoms. The maximum Gasteiger partial charge on any atom is 0.263 e. The molecule has 1 aliphatic heterocycles. The van der Waals surface area contributed by atoms with Crippen LogP contribution in [0.3, 0.4) is 0 Å². The zero-order valence-corrected chi connectivity index (χ0v) is 22.3. The number of phenols is 1. The maximum absolute atomic E-state index is 14.5. The first kappa shape index (κ1) is 27.1. The highest BCUT2D eigenvalue weighted by atomic mass is 35.5. The first-order chi connectivity index (χ1) is 19.0. The second-order valence-electron chi connectivity index (χ2n) is 9.44. The minimum absolute atomic E-state index is 0.0869. The summed E-state index contributed by atoms with van der Waals surface area (Å²) in [4.78, 5) is 48.8. The van der Waals surface area contributed by atoms with Crippen LogP contribution in [0.2, 0.25) is 5.02 Å². The molecule has 4 heterocycles. The Morgan fingerprint density at radius 1 is 1.30 bits per heavy atom. The van der Waals surface area contributed by atoms with E-state index in [0.29, 0.717) is 31.3 Å². The van der Waals surface area contributed by atoms with Gasteiger partial charge in [-0.05, 0) is 24.6 Å². The number of halogens is 2. The van der Waals surface area contributed by atoms with Crippen molar-refractivity contribution in [3.63, 3.8) is 0 Å². The van der Waals surface area contributed by atoms with Gasteiger partial charge in [-0.2, -0.15) is 0 Å². The van der Waals surface area contributed by atoms with E-state index in [-0.39, 0.29) is 39.8 Å². The summed E-state index contributed by atoms with van der Waals surface area (Å²) in [6.45, 7) is 3.47. The lowest BCUT2D eigenvalue weighted by Gasteiger charge is -2.34. The monoisotopic (exact) mass is 569 g/mol. The molecule has 1 atom stereocenters. The van der Waals surface area contributed by atoms with Crippen molar-refractivity contribution in [1.82, 2.24) is 19.1 Å². The van der Waals surface area contributed by atoms with E-state index in [0.717, 1.165) is 6.07 Å². The summed E-state index contributed by atoms with van der Waals surface area (Å²) in [6.07, 6.45) is 4.20. The lowest BCUT2D eigenvalue weighted by atomic mass is 10.0. The number of pyridine rings is 1. The molecule has 0 bridgehead atoms. The molecule has 14 heteroatoms. The van der Waals surface area contributed by atoms with Crippen molar-refractivity contribution in [1.29, 1.82) is 0 Å². The van der Waals surface area contributed by atoms with Crippen LogP contribution >= 0.6 is 11.6 Å². The van der Waals surface area contributed by atoms with Crippen molar-refractivity contribution in [2.45, 2.75) is 19.5 Å². The molecule has 40 heavy (non-hydrogen) atoms. The number of aromatic hydroxyl groups is 1. The Morgan fingerprint density at radius 3 is 2.80 bits per heavy atom. The van der Waals surface area contributed by atoms with Crippen LogP contribution in [-0.2, 0) is 23.1 Å². The van der Waals surface area contributed by atoms with E-state index in [1.165, 1.54) is 41.0 Å². The predicted octanol–water partition coefficient (Wildman–Crippen LogP) is 2.26. The van der Waals surface area contributed by atoms with Crippen LogP contribution in [0, 0.1) is 5.82 Å². The summed E-state index contributed by atoms with van der Waals surface area (Å²) >= 11 is 6.33. The Bertz CT molecular complexity index is 1720. The van der Waals surface area contributed by atoms with Crippen molar-refractivity contribution in [3.05, 3.63) is 63.7 Å². The van der Waals surface area contributed by atoms with E-state index in [1.54, 1.807) is 6.07 Å². The van der Waals surface area contributed by atoms with Gasteiger partial charge in [0.25, 0.3) is 11.5 Å². The van der Waals surface area contributed by atoms with Gasteiger partial charge < -0.3 is 34.9 Å². The van der Waals surface area contributed by atoms with E-state index in [4.69, 9.17) is 22.1 Å². The van der Waals surface area contributed by atoms with Crippen LogP contribution in [0.5, 0.6) is 5.75 Å². The molecular weight excluding hydrogens is 545 g/mol. The molecule has 0 saturated carbocycles. The third kappa shape index (κ3) is 4.96. The SMILES string of the molecule is C[C@H]1COCCN1c1cc(NC(=O)Cn2cc(-c3cc(F)c(O)c(C(N)=O)c3)c3c(=O)n(C)cnc32)c(Cl)cn1. The Balaban J connectivity index is 1.50. The number of nitrogens with one attached hydrogen (secondary N) is 1.